The summed E-state index contributed by atoms with van der Waals surface area (Å²) in [4.78, 5) is 0. The molecule has 0 fully saturated rings. The van der Waals surface area contributed by atoms with Crippen LogP contribution in [-0.4, -0.2) is 45.4 Å². The number of benzene rings is 3. The quantitative estimate of drug-likeness (QED) is 0.310. The van der Waals surface area contributed by atoms with Crippen LogP contribution in [-0.2, 0) is 11.8 Å². The SMILES string of the molecule is COc1ccc(-c2nnc(SCC(O)COC(c3ccc(F)cc3)c3ccc(F)cc3)n2C)cc1. The predicted molar refractivity (Wildman–Crippen MR) is 130 cm³/mol. The molecule has 0 aliphatic heterocycles. The summed E-state index contributed by atoms with van der Waals surface area (Å²) in [6.07, 6.45) is -1.38. The molecule has 0 bridgehead atoms. The van der Waals surface area contributed by atoms with Gasteiger partial charge in [-0.3, -0.25) is 0 Å². The number of aliphatic hydroxyl groups is 1. The number of thioether (sulfide) groups is 1. The van der Waals surface area contributed by atoms with Crippen LogP contribution >= 0.6 is 11.8 Å². The van der Waals surface area contributed by atoms with E-state index in [1.165, 1.54) is 36.0 Å². The van der Waals surface area contributed by atoms with Crippen LogP contribution < -0.4 is 4.74 Å². The molecule has 1 aromatic heterocycles. The Labute approximate surface area is 206 Å². The number of methoxy groups -OCH3 is 1. The van der Waals surface area contributed by atoms with Crippen molar-refractivity contribution in [2.45, 2.75) is 17.4 Å². The number of aliphatic hydroxyl groups excluding tert-OH is 1. The summed E-state index contributed by atoms with van der Waals surface area (Å²) in [5.41, 5.74) is 2.31. The molecule has 1 heterocycles. The minimum absolute atomic E-state index is 0.0234. The number of aromatic nitrogens is 3. The molecule has 0 amide bonds. The summed E-state index contributed by atoms with van der Waals surface area (Å²) in [6.45, 7) is 0.0234. The van der Waals surface area contributed by atoms with E-state index in [9.17, 15) is 13.9 Å². The van der Waals surface area contributed by atoms with Gasteiger partial charge in [0.2, 0.25) is 0 Å². The van der Waals surface area contributed by atoms with Gasteiger partial charge in [-0.15, -0.1) is 10.2 Å². The number of ether oxygens (including phenoxy) is 2. The summed E-state index contributed by atoms with van der Waals surface area (Å²) in [5, 5.41) is 19.7. The monoisotopic (exact) mass is 497 g/mol. The molecule has 4 aromatic rings. The van der Waals surface area contributed by atoms with E-state index in [1.807, 2.05) is 35.9 Å². The number of halogens is 2. The molecule has 0 saturated heterocycles. The van der Waals surface area contributed by atoms with Gasteiger partial charge in [-0.1, -0.05) is 36.0 Å². The minimum atomic E-state index is -0.801. The van der Waals surface area contributed by atoms with E-state index in [0.717, 1.165) is 11.3 Å². The van der Waals surface area contributed by atoms with E-state index in [0.29, 0.717) is 27.9 Å². The van der Waals surface area contributed by atoms with Crippen molar-refractivity contribution in [2.75, 3.05) is 19.5 Å². The molecule has 4 rings (SSSR count). The maximum atomic E-state index is 13.4. The Bertz CT molecular complexity index is 1190. The molecule has 3 aromatic carbocycles. The van der Waals surface area contributed by atoms with Crippen LogP contribution in [0.15, 0.2) is 78.0 Å². The average Bonchev–Trinajstić information content (AvgIpc) is 3.25. The van der Waals surface area contributed by atoms with Crippen LogP contribution in [0, 0.1) is 11.6 Å². The van der Waals surface area contributed by atoms with Crippen molar-refractivity contribution in [3.63, 3.8) is 0 Å². The minimum Gasteiger partial charge on any atom is -0.497 e. The Morgan fingerprint density at radius 2 is 1.46 bits per heavy atom. The third kappa shape index (κ3) is 6.25. The Balaban J connectivity index is 1.39. The van der Waals surface area contributed by atoms with Crippen LogP contribution in [0.4, 0.5) is 8.78 Å². The standard InChI is InChI=1S/C26H25F2N3O3S/c1-31-25(19-7-13-23(33-2)14-8-19)29-30-26(31)35-16-22(32)15-34-24(17-3-9-20(27)10-4-17)18-5-11-21(28)12-6-18/h3-14,22,24,32H,15-16H2,1-2H3. The maximum Gasteiger partial charge on any atom is 0.191 e. The van der Waals surface area contributed by atoms with Gasteiger partial charge in [-0.25, -0.2) is 8.78 Å². The van der Waals surface area contributed by atoms with Gasteiger partial charge < -0.3 is 19.1 Å². The van der Waals surface area contributed by atoms with Crippen LogP contribution in [0.3, 0.4) is 0 Å². The fourth-order valence-electron chi connectivity index (χ4n) is 3.52. The molecule has 1 unspecified atom stereocenters. The highest BCUT2D eigenvalue weighted by Gasteiger charge is 2.19. The Hall–Kier alpha value is -3.27. The summed E-state index contributed by atoms with van der Waals surface area (Å²) < 4.78 is 39.9. The predicted octanol–water partition coefficient (Wildman–Crippen LogP) is 5.03. The topological polar surface area (TPSA) is 69.4 Å². The van der Waals surface area contributed by atoms with Gasteiger partial charge in [-0.05, 0) is 59.7 Å². The second-order valence-electron chi connectivity index (χ2n) is 7.88. The van der Waals surface area contributed by atoms with E-state index in [4.69, 9.17) is 9.47 Å². The zero-order valence-electron chi connectivity index (χ0n) is 19.3. The van der Waals surface area contributed by atoms with Gasteiger partial charge >= 0.3 is 0 Å². The first-order valence-electron chi connectivity index (χ1n) is 10.9. The molecule has 9 heteroatoms. The molecule has 1 atom stereocenters. The number of hydrogen-bond donors (Lipinski definition) is 1. The molecule has 0 saturated carbocycles. The molecule has 0 aliphatic carbocycles. The molecule has 0 aliphatic rings. The lowest BCUT2D eigenvalue weighted by atomic mass is 10.0. The van der Waals surface area contributed by atoms with Gasteiger partial charge in [0.05, 0.1) is 19.8 Å². The number of hydrogen-bond acceptors (Lipinski definition) is 6. The zero-order valence-corrected chi connectivity index (χ0v) is 20.1. The molecule has 0 radical (unpaired) electrons. The average molecular weight is 498 g/mol. The lowest BCUT2D eigenvalue weighted by molar-refractivity contribution is 0.0154. The van der Waals surface area contributed by atoms with Gasteiger partial charge in [0.25, 0.3) is 0 Å². The smallest absolute Gasteiger partial charge is 0.191 e. The van der Waals surface area contributed by atoms with Crippen molar-refractivity contribution in [3.8, 4) is 17.1 Å². The Kier molecular flexibility index (Phi) is 8.12. The van der Waals surface area contributed by atoms with Crippen molar-refractivity contribution in [3.05, 3.63) is 95.6 Å². The highest BCUT2D eigenvalue weighted by atomic mass is 32.2. The first-order chi connectivity index (χ1) is 16.9. The fourth-order valence-corrected chi connectivity index (χ4v) is 4.33. The number of nitrogens with zero attached hydrogens (tertiary/aromatic N) is 3. The van der Waals surface area contributed by atoms with Gasteiger partial charge in [0.15, 0.2) is 11.0 Å². The van der Waals surface area contributed by atoms with Crippen molar-refractivity contribution in [1.82, 2.24) is 14.8 Å². The first-order valence-corrected chi connectivity index (χ1v) is 11.9. The van der Waals surface area contributed by atoms with E-state index in [2.05, 4.69) is 10.2 Å². The third-order valence-electron chi connectivity index (χ3n) is 5.39. The summed E-state index contributed by atoms with van der Waals surface area (Å²) in [6, 6.07) is 19.4. The number of rotatable bonds is 10. The third-order valence-corrected chi connectivity index (χ3v) is 6.55. The molecule has 0 spiro atoms. The van der Waals surface area contributed by atoms with E-state index in [1.54, 1.807) is 31.4 Å². The second kappa shape index (κ2) is 11.4. The second-order valence-corrected chi connectivity index (χ2v) is 8.86. The first kappa shape index (κ1) is 24.8. The van der Waals surface area contributed by atoms with Crippen molar-refractivity contribution >= 4 is 11.8 Å². The Morgan fingerprint density at radius 3 is 2.00 bits per heavy atom. The lowest BCUT2D eigenvalue weighted by Gasteiger charge is -2.21. The summed E-state index contributed by atoms with van der Waals surface area (Å²) >= 11 is 1.36. The van der Waals surface area contributed by atoms with E-state index in [-0.39, 0.29) is 18.2 Å². The summed E-state index contributed by atoms with van der Waals surface area (Å²) in [7, 11) is 3.48. The molecule has 1 N–H and O–H groups in total. The molecular formula is C26H25F2N3O3S. The van der Waals surface area contributed by atoms with Gasteiger partial charge in [0, 0.05) is 18.4 Å². The largest absolute Gasteiger partial charge is 0.497 e. The lowest BCUT2D eigenvalue weighted by Crippen LogP contribution is -2.21. The molecule has 6 nitrogen and oxygen atoms in total. The summed E-state index contributed by atoms with van der Waals surface area (Å²) in [5.74, 6) is 1.07. The fraction of sp³-hybridized carbons (Fsp3) is 0.231. The van der Waals surface area contributed by atoms with Crippen molar-refractivity contribution in [2.24, 2.45) is 7.05 Å². The van der Waals surface area contributed by atoms with Crippen LogP contribution in [0.25, 0.3) is 11.4 Å². The Morgan fingerprint density at radius 1 is 0.886 bits per heavy atom. The molecule has 182 valence electrons. The van der Waals surface area contributed by atoms with Crippen molar-refractivity contribution < 1.29 is 23.4 Å². The van der Waals surface area contributed by atoms with Crippen LogP contribution in [0.2, 0.25) is 0 Å². The molecular weight excluding hydrogens is 472 g/mol. The molecule has 35 heavy (non-hydrogen) atoms. The van der Waals surface area contributed by atoms with Gasteiger partial charge in [-0.2, -0.15) is 0 Å². The van der Waals surface area contributed by atoms with Gasteiger partial charge in [0.1, 0.15) is 23.5 Å². The highest BCUT2D eigenvalue weighted by molar-refractivity contribution is 7.99. The van der Waals surface area contributed by atoms with Crippen LogP contribution in [0.5, 0.6) is 5.75 Å². The normalized spacial score (nSPS) is 12.2. The van der Waals surface area contributed by atoms with Crippen molar-refractivity contribution in [1.29, 1.82) is 0 Å². The van der Waals surface area contributed by atoms with Crippen LogP contribution in [0.1, 0.15) is 17.2 Å². The van der Waals surface area contributed by atoms with E-state index < -0.39 is 12.2 Å². The zero-order chi connectivity index (χ0) is 24.8. The maximum absolute atomic E-state index is 13.4. The highest BCUT2D eigenvalue weighted by Crippen LogP contribution is 2.28. The van der Waals surface area contributed by atoms with E-state index >= 15 is 0 Å².